The number of hydrogen-bond acceptors (Lipinski definition) is 3. The molecule has 1 N–H and O–H groups in total. The molecule has 0 unspecified atom stereocenters. The summed E-state index contributed by atoms with van der Waals surface area (Å²) in [6.07, 6.45) is 0.188. The maximum Gasteiger partial charge on any atom is 0.120 e. The minimum absolute atomic E-state index is 0.204. The Bertz CT molecular complexity index is 801. The highest BCUT2D eigenvalue weighted by Crippen LogP contribution is 2.19. The number of aliphatic hydroxyl groups is 1. The average Bonchev–Trinajstić information content (AvgIpc) is 2.91. The molecule has 0 saturated carbocycles. The number of aromatic nitrogens is 2. The SMILES string of the molecule is CCc1nc2ccccc2n1C[C@@H](O)COc1cccc(Cl)c1. The highest BCUT2D eigenvalue weighted by atomic mass is 35.5. The lowest BCUT2D eigenvalue weighted by atomic mass is 10.3. The average molecular weight is 331 g/mol. The van der Waals surface area contributed by atoms with Crippen molar-refractivity contribution >= 4 is 22.6 Å². The summed E-state index contributed by atoms with van der Waals surface area (Å²) in [5.74, 6) is 1.62. The van der Waals surface area contributed by atoms with Crippen molar-refractivity contribution in [2.75, 3.05) is 6.61 Å². The third-order valence-corrected chi connectivity index (χ3v) is 3.92. The topological polar surface area (TPSA) is 47.3 Å². The number of para-hydroxylation sites is 2. The monoisotopic (exact) mass is 330 g/mol. The van der Waals surface area contributed by atoms with Crippen molar-refractivity contribution < 1.29 is 9.84 Å². The van der Waals surface area contributed by atoms with Gasteiger partial charge in [-0.2, -0.15) is 0 Å². The van der Waals surface area contributed by atoms with E-state index in [-0.39, 0.29) is 6.61 Å². The fourth-order valence-corrected chi connectivity index (χ4v) is 2.79. The Kier molecular flexibility index (Phi) is 4.84. The minimum atomic E-state index is -0.628. The highest BCUT2D eigenvalue weighted by molar-refractivity contribution is 6.30. The quantitative estimate of drug-likeness (QED) is 0.749. The maximum absolute atomic E-state index is 10.3. The summed E-state index contributed by atoms with van der Waals surface area (Å²) in [7, 11) is 0. The molecule has 3 aromatic rings. The van der Waals surface area contributed by atoms with E-state index in [9.17, 15) is 5.11 Å². The number of ether oxygens (including phenoxy) is 1. The van der Waals surface area contributed by atoms with E-state index in [1.807, 2.05) is 36.4 Å². The normalized spacial score (nSPS) is 12.5. The molecule has 0 amide bonds. The summed E-state index contributed by atoms with van der Waals surface area (Å²) >= 11 is 5.93. The van der Waals surface area contributed by atoms with Gasteiger partial charge in [-0.3, -0.25) is 0 Å². The Morgan fingerprint density at radius 2 is 2.04 bits per heavy atom. The number of rotatable bonds is 6. The van der Waals surface area contributed by atoms with Gasteiger partial charge in [0.2, 0.25) is 0 Å². The van der Waals surface area contributed by atoms with Crippen LogP contribution in [0.2, 0.25) is 5.02 Å². The maximum atomic E-state index is 10.3. The van der Waals surface area contributed by atoms with Crippen LogP contribution in [0.5, 0.6) is 5.75 Å². The number of aliphatic hydroxyl groups excluding tert-OH is 1. The van der Waals surface area contributed by atoms with E-state index in [4.69, 9.17) is 16.3 Å². The summed E-state index contributed by atoms with van der Waals surface area (Å²) in [5, 5.41) is 10.9. The summed E-state index contributed by atoms with van der Waals surface area (Å²) in [5.41, 5.74) is 1.98. The molecule has 0 aliphatic carbocycles. The standard InChI is InChI=1S/C18H19ClN2O2/c1-2-18-20-16-8-3-4-9-17(16)21(18)11-14(22)12-23-15-7-5-6-13(19)10-15/h3-10,14,22H,2,11-12H2,1H3/t14-/m1/s1. The van der Waals surface area contributed by atoms with Gasteiger partial charge in [0.05, 0.1) is 17.6 Å². The Labute approximate surface area is 140 Å². The molecule has 0 aliphatic rings. The summed E-state index contributed by atoms with van der Waals surface area (Å²) in [4.78, 5) is 4.61. The van der Waals surface area contributed by atoms with Crippen LogP contribution in [0.3, 0.4) is 0 Å². The van der Waals surface area contributed by atoms with Crippen LogP contribution in [-0.2, 0) is 13.0 Å². The zero-order valence-electron chi connectivity index (χ0n) is 12.9. The lowest BCUT2D eigenvalue weighted by Gasteiger charge is -2.15. The molecular weight excluding hydrogens is 312 g/mol. The number of fused-ring (bicyclic) bond motifs is 1. The fraction of sp³-hybridized carbons (Fsp3) is 0.278. The lowest BCUT2D eigenvalue weighted by molar-refractivity contribution is 0.0927. The van der Waals surface area contributed by atoms with E-state index in [0.29, 0.717) is 17.3 Å². The molecule has 1 atom stereocenters. The molecule has 0 bridgehead atoms. The van der Waals surface area contributed by atoms with Crippen molar-refractivity contribution in [3.05, 3.63) is 59.4 Å². The largest absolute Gasteiger partial charge is 0.491 e. The first kappa shape index (κ1) is 15.8. The molecule has 3 rings (SSSR count). The molecule has 0 fully saturated rings. The van der Waals surface area contributed by atoms with Crippen LogP contribution in [-0.4, -0.2) is 27.4 Å². The Hall–Kier alpha value is -2.04. The van der Waals surface area contributed by atoms with E-state index in [0.717, 1.165) is 23.3 Å². The second-order valence-corrected chi connectivity index (χ2v) is 5.84. The molecule has 4 nitrogen and oxygen atoms in total. The molecule has 1 heterocycles. The van der Waals surface area contributed by atoms with Gasteiger partial charge in [0.15, 0.2) is 0 Å². The van der Waals surface area contributed by atoms with Gasteiger partial charge in [-0.25, -0.2) is 4.98 Å². The van der Waals surface area contributed by atoms with E-state index in [2.05, 4.69) is 16.5 Å². The van der Waals surface area contributed by atoms with Crippen molar-refractivity contribution in [2.24, 2.45) is 0 Å². The molecule has 23 heavy (non-hydrogen) atoms. The van der Waals surface area contributed by atoms with Crippen LogP contribution < -0.4 is 4.74 Å². The third-order valence-electron chi connectivity index (χ3n) is 3.68. The zero-order valence-corrected chi connectivity index (χ0v) is 13.7. The molecule has 1 aromatic heterocycles. The van der Waals surface area contributed by atoms with Gasteiger partial charge >= 0.3 is 0 Å². The number of nitrogens with zero attached hydrogens (tertiary/aromatic N) is 2. The number of aryl methyl sites for hydroxylation is 1. The minimum Gasteiger partial charge on any atom is -0.491 e. The molecule has 2 aromatic carbocycles. The molecule has 120 valence electrons. The first-order valence-electron chi connectivity index (χ1n) is 7.68. The number of halogens is 1. The Balaban J connectivity index is 1.71. The van der Waals surface area contributed by atoms with Gasteiger partial charge in [0.25, 0.3) is 0 Å². The van der Waals surface area contributed by atoms with Crippen molar-refractivity contribution in [2.45, 2.75) is 26.0 Å². The molecule has 0 aliphatic heterocycles. The van der Waals surface area contributed by atoms with E-state index >= 15 is 0 Å². The van der Waals surface area contributed by atoms with E-state index < -0.39 is 6.10 Å². The molecule has 0 spiro atoms. The molecule has 0 radical (unpaired) electrons. The van der Waals surface area contributed by atoms with Crippen molar-refractivity contribution in [3.63, 3.8) is 0 Å². The van der Waals surface area contributed by atoms with E-state index in [1.165, 1.54) is 0 Å². The first-order valence-corrected chi connectivity index (χ1v) is 8.05. The second kappa shape index (κ2) is 7.02. The summed E-state index contributed by atoms with van der Waals surface area (Å²) in [6.45, 7) is 2.72. The first-order chi connectivity index (χ1) is 11.2. The van der Waals surface area contributed by atoms with Crippen LogP contribution >= 0.6 is 11.6 Å². The van der Waals surface area contributed by atoms with Crippen LogP contribution in [0.25, 0.3) is 11.0 Å². The number of imidazole rings is 1. The van der Waals surface area contributed by atoms with Gasteiger partial charge in [-0.1, -0.05) is 36.7 Å². The summed E-state index contributed by atoms with van der Waals surface area (Å²) in [6, 6.07) is 15.1. The fourth-order valence-electron chi connectivity index (χ4n) is 2.61. The molecular formula is C18H19ClN2O2. The van der Waals surface area contributed by atoms with Crippen LogP contribution in [0, 0.1) is 0 Å². The Morgan fingerprint density at radius 1 is 1.22 bits per heavy atom. The molecule has 0 saturated heterocycles. The van der Waals surface area contributed by atoms with Gasteiger partial charge in [0.1, 0.15) is 24.3 Å². The van der Waals surface area contributed by atoms with Gasteiger partial charge in [-0.15, -0.1) is 0 Å². The van der Waals surface area contributed by atoms with Crippen LogP contribution in [0.4, 0.5) is 0 Å². The summed E-state index contributed by atoms with van der Waals surface area (Å²) < 4.78 is 7.67. The van der Waals surface area contributed by atoms with Crippen molar-refractivity contribution in [1.82, 2.24) is 9.55 Å². The van der Waals surface area contributed by atoms with Gasteiger partial charge in [-0.05, 0) is 30.3 Å². The van der Waals surface area contributed by atoms with Crippen molar-refractivity contribution in [1.29, 1.82) is 0 Å². The lowest BCUT2D eigenvalue weighted by Crippen LogP contribution is -2.24. The predicted molar refractivity (Wildman–Crippen MR) is 92.1 cm³/mol. The van der Waals surface area contributed by atoms with Crippen molar-refractivity contribution in [3.8, 4) is 5.75 Å². The van der Waals surface area contributed by atoms with Crippen LogP contribution in [0.15, 0.2) is 48.5 Å². The third kappa shape index (κ3) is 3.66. The number of hydrogen-bond donors (Lipinski definition) is 1. The second-order valence-electron chi connectivity index (χ2n) is 5.40. The molecule has 5 heteroatoms. The highest BCUT2D eigenvalue weighted by Gasteiger charge is 2.13. The van der Waals surface area contributed by atoms with Crippen LogP contribution in [0.1, 0.15) is 12.7 Å². The number of benzene rings is 2. The smallest absolute Gasteiger partial charge is 0.120 e. The van der Waals surface area contributed by atoms with Gasteiger partial charge in [0, 0.05) is 11.4 Å². The Morgan fingerprint density at radius 3 is 2.83 bits per heavy atom. The predicted octanol–water partition coefficient (Wildman–Crippen LogP) is 3.69. The van der Waals surface area contributed by atoms with Gasteiger partial charge < -0.3 is 14.4 Å². The zero-order chi connectivity index (χ0) is 16.2. The van der Waals surface area contributed by atoms with E-state index in [1.54, 1.807) is 12.1 Å².